The Morgan fingerprint density at radius 2 is 1.73 bits per heavy atom. The van der Waals surface area contributed by atoms with Crippen LogP contribution in [0.2, 0.25) is 0 Å². The summed E-state index contributed by atoms with van der Waals surface area (Å²) >= 11 is 0. The Morgan fingerprint density at radius 3 is 2.27 bits per heavy atom. The van der Waals surface area contributed by atoms with Gasteiger partial charge in [0.05, 0.1) is 13.2 Å². The number of nitrogens with one attached hydrogen (secondary N) is 1. The molecule has 33 heavy (non-hydrogen) atoms. The highest BCUT2D eigenvalue weighted by Gasteiger charge is 2.47. The minimum absolute atomic E-state index is 0.0147. The van der Waals surface area contributed by atoms with E-state index in [4.69, 9.17) is 9.47 Å². The molecule has 0 aliphatic carbocycles. The first-order valence-electron chi connectivity index (χ1n) is 10.2. The first-order valence-corrected chi connectivity index (χ1v) is 10.2. The van der Waals surface area contributed by atoms with E-state index in [-0.39, 0.29) is 6.54 Å². The molecule has 1 saturated heterocycles. The summed E-state index contributed by atoms with van der Waals surface area (Å²) in [6.45, 7) is 1.94. The molecule has 9 N–H and O–H groups in total. The quantitative estimate of drug-likeness (QED) is 0.152. The van der Waals surface area contributed by atoms with Crippen molar-refractivity contribution in [3.8, 4) is 0 Å². The molecule has 12 heteroatoms. The standard InChI is InChI=1S/C21H31NO11/c1-2-10-3-5-11(6-4-10)7-22-20(31)17(29)16(28)19(12(25)8-23)33-21-18(30)15(27)14(26)13(9-24)32-21/h2-6,12-19,21,23-30H,1,7-9H2,(H,22,31)/t12-,13-,14-,15+,16+,17-,18-,19-,21+/m1/s1. The van der Waals surface area contributed by atoms with Gasteiger partial charge in [0.1, 0.15) is 42.7 Å². The zero-order valence-corrected chi connectivity index (χ0v) is 17.7. The molecule has 12 nitrogen and oxygen atoms in total. The van der Waals surface area contributed by atoms with E-state index in [1.807, 2.05) is 0 Å². The highest BCUT2D eigenvalue weighted by Crippen LogP contribution is 2.25. The zero-order valence-electron chi connectivity index (χ0n) is 17.7. The lowest BCUT2D eigenvalue weighted by molar-refractivity contribution is -0.326. The van der Waals surface area contributed by atoms with Crippen LogP contribution >= 0.6 is 0 Å². The van der Waals surface area contributed by atoms with E-state index in [1.165, 1.54) is 0 Å². The molecule has 0 spiro atoms. The van der Waals surface area contributed by atoms with Crippen LogP contribution in [0.25, 0.3) is 6.08 Å². The van der Waals surface area contributed by atoms with Crippen molar-refractivity contribution in [2.45, 2.75) is 61.7 Å². The molecule has 186 valence electrons. The van der Waals surface area contributed by atoms with Crippen LogP contribution in [0.4, 0.5) is 0 Å². The fraction of sp³-hybridized carbons (Fsp3) is 0.571. The first kappa shape index (κ1) is 27.3. The Bertz CT molecular complexity index is 759. The van der Waals surface area contributed by atoms with Crippen LogP contribution in [-0.4, -0.2) is 115 Å². The van der Waals surface area contributed by atoms with E-state index in [0.717, 1.165) is 5.56 Å². The maximum absolute atomic E-state index is 12.3. The van der Waals surface area contributed by atoms with Crippen LogP contribution < -0.4 is 5.32 Å². The van der Waals surface area contributed by atoms with Gasteiger partial charge in [0.2, 0.25) is 0 Å². The molecule has 1 amide bonds. The van der Waals surface area contributed by atoms with Gasteiger partial charge in [-0.1, -0.05) is 36.9 Å². The molecule has 0 bridgehead atoms. The van der Waals surface area contributed by atoms with Crippen LogP contribution in [0.5, 0.6) is 0 Å². The summed E-state index contributed by atoms with van der Waals surface area (Å²) in [6, 6.07) is 6.98. The predicted molar refractivity (Wildman–Crippen MR) is 112 cm³/mol. The topological polar surface area (TPSA) is 209 Å². The lowest BCUT2D eigenvalue weighted by atomic mass is 9.98. The van der Waals surface area contributed by atoms with Crippen LogP contribution in [0, 0.1) is 0 Å². The van der Waals surface area contributed by atoms with E-state index in [1.54, 1.807) is 30.3 Å². The summed E-state index contributed by atoms with van der Waals surface area (Å²) in [5.74, 6) is -1.01. The number of benzene rings is 1. The van der Waals surface area contributed by atoms with Crippen molar-refractivity contribution in [2.24, 2.45) is 0 Å². The molecule has 9 atom stereocenters. The summed E-state index contributed by atoms with van der Waals surface area (Å²) in [7, 11) is 0. The van der Waals surface area contributed by atoms with Crippen molar-refractivity contribution < 1.29 is 55.1 Å². The minimum Gasteiger partial charge on any atom is -0.394 e. The summed E-state index contributed by atoms with van der Waals surface area (Å²) in [4.78, 5) is 12.3. The molecule has 1 aromatic carbocycles. The summed E-state index contributed by atoms with van der Waals surface area (Å²) in [5.41, 5.74) is 1.56. The Labute approximate surface area is 190 Å². The molecule has 1 heterocycles. The van der Waals surface area contributed by atoms with Gasteiger partial charge in [0, 0.05) is 6.54 Å². The van der Waals surface area contributed by atoms with Gasteiger partial charge in [-0.25, -0.2) is 0 Å². The lowest BCUT2D eigenvalue weighted by Gasteiger charge is -2.42. The molecule has 0 saturated carbocycles. The maximum atomic E-state index is 12.3. The lowest BCUT2D eigenvalue weighted by Crippen LogP contribution is -2.62. The number of hydrogen-bond acceptors (Lipinski definition) is 11. The Morgan fingerprint density at radius 1 is 1.09 bits per heavy atom. The second kappa shape index (κ2) is 12.5. The Kier molecular flexibility index (Phi) is 10.3. The van der Waals surface area contributed by atoms with Crippen LogP contribution in [-0.2, 0) is 20.8 Å². The van der Waals surface area contributed by atoms with E-state index in [9.17, 15) is 45.6 Å². The smallest absolute Gasteiger partial charge is 0.251 e. The number of carbonyl (C=O) groups is 1. The molecule has 0 aromatic heterocycles. The number of aliphatic hydroxyl groups is 8. The monoisotopic (exact) mass is 473 g/mol. The third-order valence-electron chi connectivity index (χ3n) is 5.32. The van der Waals surface area contributed by atoms with Crippen molar-refractivity contribution in [3.63, 3.8) is 0 Å². The highest BCUT2D eigenvalue weighted by atomic mass is 16.7. The first-order chi connectivity index (χ1) is 15.6. The SMILES string of the molecule is C=Cc1ccc(CNC(=O)[C@H](O)[C@H](O)[C@H](O[C@@H]2O[C@H](CO)[C@@H](O)[C@H](O)[C@H]2O)[C@H](O)CO)cc1. The van der Waals surface area contributed by atoms with Crippen molar-refractivity contribution in [3.05, 3.63) is 42.0 Å². The minimum atomic E-state index is -2.12. The molecule has 1 aromatic rings. The largest absolute Gasteiger partial charge is 0.394 e. The number of carbonyl (C=O) groups excluding carboxylic acids is 1. The second-order valence-corrected chi connectivity index (χ2v) is 7.65. The average molecular weight is 473 g/mol. The number of hydrogen-bond donors (Lipinski definition) is 9. The third-order valence-corrected chi connectivity index (χ3v) is 5.32. The molecular weight excluding hydrogens is 442 g/mol. The van der Waals surface area contributed by atoms with Crippen LogP contribution in [0.15, 0.2) is 30.8 Å². The van der Waals surface area contributed by atoms with Crippen molar-refractivity contribution in [2.75, 3.05) is 13.2 Å². The van der Waals surface area contributed by atoms with Gasteiger partial charge in [-0.3, -0.25) is 4.79 Å². The predicted octanol–water partition coefficient (Wildman–Crippen LogP) is -3.79. The number of rotatable bonds is 11. The second-order valence-electron chi connectivity index (χ2n) is 7.65. The van der Waals surface area contributed by atoms with Gasteiger partial charge < -0.3 is 55.6 Å². The van der Waals surface area contributed by atoms with E-state index in [0.29, 0.717) is 5.56 Å². The fourth-order valence-electron chi connectivity index (χ4n) is 3.24. The summed E-state index contributed by atoms with van der Waals surface area (Å²) < 4.78 is 10.4. The number of ether oxygens (including phenoxy) is 2. The molecule has 2 rings (SSSR count). The van der Waals surface area contributed by atoms with Gasteiger partial charge in [0.15, 0.2) is 12.4 Å². The van der Waals surface area contributed by atoms with Gasteiger partial charge in [-0.15, -0.1) is 0 Å². The van der Waals surface area contributed by atoms with E-state index < -0.39 is 74.2 Å². The maximum Gasteiger partial charge on any atom is 0.251 e. The summed E-state index contributed by atoms with van der Waals surface area (Å²) in [6.07, 6.45) is -14.7. The van der Waals surface area contributed by atoms with Gasteiger partial charge in [0.25, 0.3) is 5.91 Å². The van der Waals surface area contributed by atoms with Gasteiger partial charge >= 0.3 is 0 Å². The van der Waals surface area contributed by atoms with Gasteiger partial charge in [-0.2, -0.15) is 0 Å². The van der Waals surface area contributed by atoms with Crippen LogP contribution in [0.3, 0.4) is 0 Å². The normalized spacial score (nSPS) is 29.0. The zero-order chi connectivity index (χ0) is 24.7. The Hall–Kier alpha value is -1.97. The molecule has 1 aliphatic heterocycles. The Balaban J connectivity index is 2.06. The van der Waals surface area contributed by atoms with Crippen molar-refractivity contribution in [1.82, 2.24) is 5.32 Å². The van der Waals surface area contributed by atoms with E-state index in [2.05, 4.69) is 11.9 Å². The van der Waals surface area contributed by atoms with E-state index >= 15 is 0 Å². The third kappa shape index (κ3) is 6.77. The van der Waals surface area contributed by atoms with Crippen molar-refractivity contribution >= 4 is 12.0 Å². The number of aliphatic hydroxyl groups excluding tert-OH is 8. The fourth-order valence-corrected chi connectivity index (χ4v) is 3.24. The van der Waals surface area contributed by atoms with Crippen LogP contribution in [0.1, 0.15) is 11.1 Å². The summed E-state index contributed by atoms with van der Waals surface area (Å²) in [5, 5.41) is 81.5. The van der Waals surface area contributed by atoms with Crippen molar-refractivity contribution in [1.29, 1.82) is 0 Å². The molecule has 0 unspecified atom stereocenters. The molecular formula is C21H31NO11. The molecule has 1 fully saturated rings. The van der Waals surface area contributed by atoms with Gasteiger partial charge in [-0.05, 0) is 11.1 Å². The average Bonchev–Trinajstić information content (AvgIpc) is 2.84. The highest BCUT2D eigenvalue weighted by molar-refractivity contribution is 5.81. The molecule has 0 radical (unpaired) electrons. The molecule has 1 aliphatic rings. The number of amides is 1.